The lowest BCUT2D eigenvalue weighted by Gasteiger charge is -2.20. The molecule has 2 saturated heterocycles. The Morgan fingerprint density at radius 1 is 1.58 bits per heavy atom. The molecule has 0 spiro atoms. The van der Waals surface area contributed by atoms with Crippen molar-refractivity contribution in [3.05, 3.63) is 10.4 Å². The van der Waals surface area contributed by atoms with E-state index in [2.05, 4.69) is 10.0 Å². The molecule has 2 heterocycles. The summed E-state index contributed by atoms with van der Waals surface area (Å²) in [4.78, 5) is 2.71. The molecule has 4 atom stereocenters. The van der Waals surface area contributed by atoms with Crippen molar-refractivity contribution in [3.63, 3.8) is 0 Å². The van der Waals surface area contributed by atoms with Gasteiger partial charge in [-0.15, -0.1) is 0 Å². The fourth-order valence-electron chi connectivity index (χ4n) is 1.42. The van der Waals surface area contributed by atoms with E-state index in [0.29, 0.717) is 6.61 Å². The first kappa shape index (κ1) is 7.82. The molecule has 0 aliphatic carbocycles. The number of epoxide rings is 1. The summed E-state index contributed by atoms with van der Waals surface area (Å²) in [6.07, 6.45) is -0.334. The van der Waals surface area contributed by atoms with Gasteiger partial charge >= 0.3 is 0 Å². The zero-order valence-electron chi connectivity index (χ0n) is 6.58. The molecular formula is C6H9N3O3. The molecule has 2 aliphatic rings. The normalized spacial score (nSPS) is 44.4. The van der Waals surface area contributed by atoms with Crippen molar-refractivity contribution < 1.29 is 14.2 Å². The zero-order chi connectivity index (χ0) is 8.55. The fourth-order valence-corrected chi connectivity index (χ4v) is 1.42. The molecule has 2 aliphatic heterocycles. The predicted molar refractivity (Wildman–Crippen MR) is 38.3 cm³/mol. The molecule has 0 unspecified atom stereocenters. The van der Waals surface area contributed by atoms with Crippen molar-refractivity contribution >= 4 is 0 Å². The topological polar surface area (TPSA) is 79.8 Å². The van der Waals surface area contributed by atoms with E-state index in [1.807, 2.05) is 0 Å². The third kappa shape index (κ3) is 1.15. The summed E-state index contributed by atoms with van der Waals surface area (Å²) < 4.78 is 15.5. The van der Waals surface area contributed by atoms with Crippen LogP contribution in [0.25, 0.3) is 10.4 Å². The molecule has 2 rings (SSSR count). The van der Waals surface area contributed by atoms with Crippen LogP contribution in [0, 0.1) is 0 Å². The van der Waals surface area contributed by atoms with Crippen molar-refractivity contribution in [2.45, 2.75) is 24.5 Å². The van der Waals surface area contributed by atoms with Crippen LogP contribution in [-0.2, 0) is 14.2 Å². The molecule has 6 nitrogen and oxygen atoms in total. The van der Waals surface area contributed by atoms with E-state index in [4.69, 9.17) is 19.7 Å². The van der Waals surface area contributed by atoms with Crippen LogP contribution in [0.5, 0.6) is 0 Å². The van der Waals surface area contributed by atoms with Gasteiger partial charge in [-0.1, -0.05) is 5.11 Å². The van der Waals surface area contributed by atoms with Gasteiger partial charge in [0, 0.05) is 12.0 Å². The van der Waals surface area contributed by atoms with Gasteiger partial charge in [0.25, 0.3) is 0 Å². The smallest absolute Gasteiger partial charge is 0.185 e. The molecule has 0 aromatic rings. The van der Waals surface area contributed by atoms with Crippen LogP contribution >= 0.6 is 0 Å². The summed E-state index contributed by atoms with van der Waals surface area (Å²) in [7, 11) is 1.57. The van der Waals surface area contributed by atoms with Gasteiger partial charge in [0.05, 0.1) is 12.6 Å². The van der Waals surface area contributed by atoms with E-state index < -0.39 is 0 Å². The Hall–Kier alpha value is -0.810. The molecule has 0 bridgehead atoms. The van der Waals surface area contributed by atoms with Crippen molar-refractivity contribution in [2.75, 3.05) is 13.7 Å². The highest BCUT2D eigenvalue weighted by Crippen LogP contribution is 2.36. The first-order valence-corrected chi connectivity index (χ1v) is 3.71. The van der Waals surface area contributed by atoms with Gasteiger partial charge in [-0.2, -0.15) is 0 Å². The largest absolute Gasteiger partial charge is 0.364 e. The second-order valence-corrected chi connectivity index (χ2v) is 2.78. The SMILES string of the molecule is CO[C@@H]1OC[C@H](N=[N+]=[N-])[C@H]2O[C@@H]12. The second kappa shape index (κ2) is 2.91. The van der Waals surface area contributed by atoms with Gasteiger partial charge < -0.3 is 14.2 Å². The number of methoxy groups -OCH3 is 1. The van der Waals surface area contributed by atoms with Crippen molar-refractivity contribution in [1.29, 1.82) is 0 Å². The Morgan fingerprint density at radius 3 is 3.08 bits per heavy atom. The van der Waals surface area contributed by atoms with E-state index in [9.17, 15) is 0 Å². The van der Waals surface area contributed by atoms with Gasteiger partial charge in [-0.3, -0.25) is 0 Å². The molecule has 12 heavy (non-hydrogen) atoms. The number of azide groups is 1. The molecule has 6 heteroatoms. The van der Waals surface area contributed by atoms with Crippen LogP contribution in [0.2, 0.25) is 0 Å². The third-order valence-electron chi connectivity index (χ3n) is 2.07. The molecule has 0 aromatic heterocycles. The standard InChI is InChI=1S/C6H9N3O3/c1-10-6-5-4(12-5)3(2-11-6)8-9-7/h3-6H,2H2,1H3/t3-,4+,5+,6+/m0/s1. The summed E-state index contributed by atoms with van der Waals surface area (Å²) in [5, 5.41) is 3.55. The quantitative estimate of drug-likeness (QED) is 0.261. The van der Waals surface area contributed by atoms with E-state index in [1.165, 1.54) is 0 Å². The van der Waals surface area contributed by atoms with Crippen molar-refractivity contribution in [2.24, 2.45) is 5.11 Å². The summed E-state index contributed by atoms with van der Waals surface area (Å²) in [5.41, 5.74) is 8.19. The summed E-state index contributed by atoms with van der Waals surface area (Å²) in [6, 6.07) is -0.189. The average molecular weight is 171 g/mol. The number of hydrogen-bond acceptors (Lipinski definition) is 4. The third-order valence-corrected chi connectivity index (χ3v) is 2.07. The van der Waals surface area contributed by atoms with Crippen LogP contribution < -0.4 is 0 Å². The van der Waals surface area contributed by atoms with Gasteiger partial charge in [0.15, 0.2) is 6.29 Å². The van der Waals surface area contributed by atoms with E-state index in [0.717, 1.165) is 0 Å². The number of ether oxygens (including phenoxy) is 3. The number of nitrogens with zero attached hydrogens (tertiary/aromatic N) is 3. The van der Waals surface area contributed by atoms with Gasteiger partial charge in [-0.05, 0) is 5.53 Å². The lowest BCUT2D eigenvalue weighted by Crippen LogP contribution is -2.37. The summed E-state index contributed by atoms with van der Waals surface area (Å²) in [5.74, 6) is 0. The monoisotopic (exact) mass is 171 g/mol. The Bertz CT molecular complexity index is 228. The fraction of sp³-hybridized carbons (Fsp3) is 1.00. The highest BCUT2D eigenvalue weighted by atomic mass is 16.7. The Labute approximate surface area is 69.0 Å². The average Bonchev–Trinajstić information content (AvgIpc) is 2.85. The lowest BCUT2D eigenvalue weighted by atomic mass is 10.1. The first-order chi connectivity index (χ1) is 5.86. The molecule has 0 radical (unpaired) electrons. The molecule has 0 amide bonds. The first-order valence-electron chi connectivity index (χ1n) is 3.71. The second-order valence-electron chi connectivity index (χ2n) is 2.78. The molecule has 2 fully saturated rings. The maximum atomic E-state index is 8.19. The van der Waals surface area contributed by atoms with Crippen LogP contribution in [0.3, 0.4) is 0 Å². The van der Waals surface area contributed by atoms with E-state index in [1.54, 1.807) is 7.11 Å². The van der Waals surface area contributed by atoms with Crippen molar-refractivity contribution in [1.82, 2.24) is 0 Å². The molecule has 0 N–H and O–H groups in total. The van der Waals surface area contributed by atoms with Crippen LogP contribution in [0.1, 0.15) is 0 Å². The van der Waals surface area contributed by atoms with Crippen LogP contribution in [0.15, 0.2) is 5.11 Å². The van der Waals surface area contributed by atoms with E-state index >= 15 is 0 Å². The maximum absolute atomic E-state index is 8.19. The number of rotatable bonds is 2. The maximum Gasteiger partial charge on any atom is 0.185 e. The minimum Gasteiger partial charge on any atom is -0.364 e. The minimum absolute atomic E-state index is 0.000370. The molecule has 66 valence electrons. The predicted octanol–water partition coefficient (Wildman–Crippen LogP) is 0.435. The Morgan fingerprint density at radius 2 is 2.42 bits per heavy atom. The van der Waals surface area contributed by atoms with Crippen LogP contribution in [0.4, 0.5) is 0 Å². The van der Waals surface area contributed by atoms with Gasteiger partial charge in [0.2, 0.25) is 0 Å². The number of hydrogen-bond donors (Lipinski definition) is 0. The minimum atomic E-state index is -0.292. The van der Waals surface area contributed by atoms with Gasteiger partial charge in [0.1, 0.15) is 12.2 Å². The zero-order valence-corrected chi connectivity index (χ0v) is 6.58. The van der Waals surface area contributed by atoms with E-state index in [-0.39, 0.29) is 24.5 Å². The summed E-state index contributed by atoms with van der Waals surface area (Å²) in [6.45, 7) is 0.379. The lowest BCUT2D eigenvalue weighted by molar-refractivity contribution is -0.144. The molecule has 0 aromatic carbocycles. The Kier molecular flexibility index (Phi) is 1.90. The number of fused-ring (bicyclic) bond motifs is 1. The highest BCUT2D eigenvalue weighted by Gasteiger charge is 2.54. The molecular weight excluding hydrogens is 162 g/mol. The van der Waals surface area contributed by atoms with Crippen LogP contribution in [-0.4, -0.2) is 38.3 Å². The van der Waals surface area contributed by atoms with Crippen molar-refractivity contribution in [3.8, 4) is 0 Å². The summed E-state index contributed by atoms with van der Waals surface area (Å²) >= 11 is 0. The highest BCUT2D eigenvalue weighted by molar-refractivity contribution is 5.00. The van der Waals surface area contributed by atoms with Gasteiger partial charge in [-0.25, -0.2) is 0 Å². The Balaban J connectivity index is 1.98. The molecule has 0 saturated carbocycles.